The Labute approximate surface area is 171 Å². The van der Waals surface area contributed by atoms with E-state index in [2.05, 4.69) is 15.1 Å². The number of β-amino-alcohol motifs (C(OH)–C–C–N with tert-alkyl or cyclic N) is 1. The SMILES string of the molecule is Cc1ccc(C)c(OCC(O)CN2CCCN(c3nnc(C(F)(F)F)s3)CC2)c1. The molecule has 3 rings (SSSR count). The monoisotopic (exact) mass is 430 g/mol. The van der Waals surface area contributed by atoms with Gasteiger partial charge in [0.25, 0.3) is 0 Å². The molecule has 1 fully saturated rings. The van der Waals surface area contributed by atoms with Crippen molar-refractivity contribution >= 4 is 16.5 Å². The van der Waals surface area contributed by atoms with E-state index in [9.17, 15) is 18.3 Å². The molecule has 10 heteroatoms. The summed E-state index contributed by atoms with van der Waals surface area (Å²) in [4.78, 5) is 3.93. The maximum atomic E-state index is 12.7. The summed E-state index contributed by atoms with van der Waals surface area (Å²) in [5, 5.41) is 16.7. The Morgan fingerprint density at radius 2 is 1.97 bits per heavy atom. The number of anilines is 1. The van der Waals surface area contributed by atoms with Crippen LogP contribution in [-0.2, 0) is 6.18 Å². The van der Waals surface area contributed by atoms with Crippen LogP contribution in [0.3, 0.4) is 0 Å². The van der Waals surface area contributed by atoms with Crippen LogP contribution in [0, 0.1) is 13.8 Å². The van der Waals surface area contributed by atoms with Crippen LogP contribution < -0.4 is 9.64 Å². The molecule has 0 amide bonds. The molecule has 6 nitrogen and oxygen atoms in total. The summed E-state index contributed by atoms with van der Waals surface area (Å²) in [5.74, 6) is 0.767. The molecule has 2 aromatic rings. The molecule has 1 aromatic carbocycles. The number of hydrogen-bond donors (Lipinski definition) is 1. The van der Waals surface area contributed by atoms with Gasteiger partial charge in [0.2, 0.25) is 10.1 Å². The van der Waals surface area contributed by atoms with Crippen molar-refractivity contribution in [1.82, 2.24) is 15.1 Å². The zero-order valence-electron chi connectivity index (χ0n) is 16.4. The summed E-state index contributed by atoms with van der Waals surface area (Å²) >= 11 is 0.570. The minimum atomic E-state index is -4.46. The normalized spacial score (nSPS) is 17.2. The molecule has 1 unspecified atom stereocenters. The number of aliphatic hydroxyl groups excluding tert-OH is 1. The van der Waals surface area contributed by atoms with Gasteiger partial charge in [0.05, 0.1) is 0 Å². The van der Waals surface area contributed by atoms with Crippen molar-refractivity contribution in [2.75, 3.05) is 44.2 Å². The van der Waals surface area contributed by atoms with E-state index in [4.69, 9.17) is 4.74 Å². The third-order valence-corrected chi connectivity index (χ3v) is 5.79. The van der Waals surface area contributed by atoms with Gasteiger partial charge in [-0.1, -0.05) is 23.5 Å². The minimum absolute atomic E-state index is 0.190. The number of hydrogen-bond acceptors (Lipinski definition) is 7. The van der Waals surface area contributed by atoms with Gasteiger partial charge in [0.15, 0.2) is 0 Å². The molecule has 1 aliphatic heterocycles. The lowest BCUT2D eigenvalue weighted by molar-refractivity contribution is -0.138. The van der Waals surface area contributed by atoms with Crippen LogP contribution in [0.4, 0.5) is 18.3 Å². The fraction of sp³-hybridized carbons (Fsp3) is 0.579. The van der Waals surface area contributed by atoms with Crippen LogP contribution in [0.1, 0.15) is 22.6 Å². The van der Waals surface area contributed by atoms with Crippen LogP contribution in [0.15, 0.2) is 18.2 Å². The Balaban J connectivity index is 1.49. The Hall–Kier alpha value is -1.91. The van der Waals surface area contributed by atoms with E-state index in [1.807, 2.05) is 36.9 Å². The molecule has 29 heavy (non-hydrogen) atoms. The Morgan fingerprint density at radius 1 is 1.17 bits per heavy atom. The van der Waals surface area contributed by atoms with Gasteiger partial charge in [-0.05, 0) is 44.0 Å². The number of ether oxygens (including phenoxy) is 1. The van der Waals surface area contributed by atoms with Crippen molar-refractivity contribution in [2.45, 2.75) is 32.5 Å². The topological polar surface area (TPSA) is 61.7 Å². The lowest BCUT2D eigenvalue weighted by atomic mass is 10.1. The summed E-state index contributed by atoms with van der Waals surface area (Å²) < 4.78 is 44.0. The second-order valence-corrected chi connectivity index (χ2v) is 8.22. The number of rotatable bonds is 6. The first kappa shape index (κ1) is 21.8. The number of aryl methyl sites for hydroxylation is 2. The maximum Gasteiger partial charge on any atom is 0.445 e. The number of benzene rings is 1. The van der Waals surface area contributed by atoms with Crippen molar-refractivity contribution in [3.8, 4) is 5.75 Å². The molecule has 0 bridgehead atoms. The van der Waals surface area contributed by atoms with Crippen molar-refractivity contribution in [3.63, 3.8) is 0 Å². The van der Waals surface area contributed by atoms with Gasteiger partial charge in [-0.2, -0.15) is 13.2 Å². The largest absolute Gasteiger partial charge is 0.491 e. The van der Waals surface area contributed by atoms with E-state index >= 15 is 0 Å². The van der Waals surface area contributed by atoms with Gasteiger partial charge >= 0.3 is 6.18 Å². The highest BCUT2D eigenvalue weighted by Crippen LogP contribution is 2.34. The van der Waals surface area contributed by atoms with Crippen LogP contribution in [-0.4, -0.2) is 65.6 Å². The zero-order chi connectivity index (χ0) is 21.0. The number of halogens is 3. The van der Waals surface area contributed by atoms with E-state index < -0.39 is 17.3 Å². The molecule has 0 saturated carbocycles. The predicted molar refractivity (Wildman–Crippen MR) is 106 cm³/mol. The predicted octanol–water partition coefficient (Wildman–Crippen LogP) is 3.13. The van der Waals surface area contributed by atoms with E-state index in [0.29, 0.717) is 37.5 Å². The van der Waals surface area contributed by atoms with Gasteiger partial charge in [0.1, 0.15) is 18.5 Å². The first-order valence-corrected chi connectivity index (χ1v) is 10.3. The van der Waals surface area contributed by atoms with E-state index in [1.54, 1.807) is 0 Å². The number of alkyl halides is 3. The summed E-state index contributed by atoms with van der Waals surface area (Å²) in [7, 11) is 0. The first-order chi connectivity index (χ1) is 13.7. The van der Waals surface area contributed by atoms with Crippen molar-refractivity contribution in [1.29, 1.82) is 0 Å². The Morgan fingerprint density at radius 3 is 2.69 bits per heavy atom. The fourth-order valence-electron chi connectivity index (χ4n) is 3.20. The number of nitrogens with zero attached hydrogens (tertiary/aromatic N) is 4. The molecule has 0 radical (unpaired) electrons. The number of aromatic nitrogens is 2. The summed E-state index contributed by atoms with van der Waals surface area (Å²) in [6, 6.07) is 5.94. The Bertz CT molecular complexity index is 815. The standard InChI is InChI=1S/C19H25F3N4O2S/c1-13-4-5-14(2)16(10-13)28-12-15(27)11-25-6-3-7-26(9-8-25)18-24-23-17(29-18)19(20,21)22/h4-5,10,15,27H,3,6-9,11-12H2,1-2H3. The van der Waals surface area contributed by atoms with Crippen LogP contribution >= 0.6 is 11.3 Å². The third-order valence-electron chi connectivity index (χ3n) is 4.76. The highest BCUT2D eigenvalue weighted by Gasteiger charge is 2.36. The highest BCUT2D eigenvalue weighted by atomic mass is 32.1. The molecular formula is C19H25F3N4O2S. The van der Waals surface area contributed by atoms with Gasteiger partial charge < -0.3 is 14.7 Å². The van der Waals surface area contributed by atoms with E-state index in [0.717, 1.165) is 29.8 Å². The fourth-order valence-corrected chi connectivity index (χ4v) is 3.97. The Kier molecular flexibility index (Phi) is 6.97. The smallest absolute Gasteiger partial charge is 0.445 e. The molecule has 1 aliphatic rings. The zero-order valence-corrected chi connectivity index (χ0v) is 17.3. The molecular weight excluding hydrogens is 405 g/mol. The molecule has 1 aromatic heterocycles. The number of aliphatic hydroxyl groups is 1. The molecule has 1 saturated heterocycles. The van der Waals surface area contributed by atoms with Crippen LogP contribution in [0.5, 0.6) is 5.75 Å². The molecule has 1 atom stereocenters. The average molecular weight is 430 g/mol. The van der Waals surface area contributed by atoms with Crippen molar-refractivity contribution in [3.05, 3.63) is 34.3 Å². The summed E-state index contributed by atoms with van der Waals surface area (Å²) in [6.07, 6.45) is -4.35. The highest BCUT2D eigenvalue weighted by molar-refractivity contribution is 7.15. The van der Waals surface area contributed by atoms with Gasteiger partial charge in [-0.15, -0.1) is 10.2 Å². The van der Waals surface area contributed by atoms with E-state index in [1.165, 1.54) is 0 Å². The molecule has 160 valence electrons. The summed E-state index contributed by atoms with van der Waals surface area (Å²) in [6.45, 7) is 7.11. The maximum absolute atomic E-state index is 12.7. The van der Waals surface area contributed by atoms with Crippen LogP contribution in [0.25, 0.3) is 0 Å². The van der Waals surface area contributed by atoms with Crippen molar-refractivity contribution in [2.24, 2.45) is 0 Å². The second kappa shape index (κ2) is 9.27. The first-order valence-electron chi connectivity index (χ1n) is 9.48. The molecule has 2 heterocycles. The third kappa shape index (κ3) is 6.03. The van der Waals surface area contributed by atoms with Gasteiger partial charge in [-0.3, -0.25) is 4.90 Å². The average Bonchev–Trinajstić information content (AvgIpc) is 3.05. The van der Waals surface area contributed by atoms with Gasteiger partial charge in [0, 0.05) is 26.2 Å². The van der Waals surface area contributed by atoms with Crippen molar-refractivity contribution < 1.29 is 23.0 Å². The van der Waals surface area contributed by atoms with Crippen LogP contribution in [0.2, 0.25) is 0 Å². The molecule has 0 aliphatic carbocycles. The minimum Gasteiger partial charge on any atom is -0.491 e. The molecule has 1 N–H and O–H groups in total. The molecule has 0 spiro atoms. The lowest BCUT2D eigenvalue weighted by Crippen LogP contribution is -2.38. The van der Waals surface area contributed by atoms with Gasteiger partial charge in [-0.25, -0.2) is 0 Å². The van der Waals surface area contributed by atoms with E-state index in [-0.39, 0.29) is 11.7 Å². The second-order valence-electron chi connectivity index (χ2n) is 7.26. The lowest BCUT2D eigenvalue weighted by Gasteiger charge is -2.24. The summed E-state index contributed by atoms with van der Waals surface area (Å²) in [5.41, 5.74) is 2.11. The quantitative estimate of drug-likeness (QED) is 0.760.